The van der Waals surface area contributed by atoms with Gasteiger partial charge in [-0.2, -0.15) is 0 Å². The molecule has 0 fully saturated rings. The van der Waals surface area contributed by atoms with Gasteiger partial charge in [0.25, 0.3) is 0 Å². The minimum Gasteiger partial charge on any atom is -0.398 e. The topological polar surface area (TPSA) is 103 Å². The maximum atomic E-state index is 13.3. The Balaban J connectivity index is 2.25. The number of hydrogen-bond donors (Lipinski definition) is 2. The first kappa shape index (κ1) is 15.9. The van der Waals surface area contributed by atoms with E-state index in [1.807, 2.05) is 6.92 Å². The molecule has 0 saturated heterocycles. The first-order valence-electron chi connectivity index (χ1n) is 5.96. The van der Waals surface area contributed by atoms with Gasteiger partial charge in [0.15, 0.2) is 0 Å². The second-order valence-electron chi connectivity index (χ2n) is 4.16. The van der Waals surface area contributed by atoms with Crippen molar-refractivity contribution in [2.75, 3.05) is 5.73 Å². The zero-order valence-electron chi connectivity index (χ0n) is 11.0. The van der Waals surface area contributed by atoms with E-state index >= 15 is 0 Å². The van der Waals surface area contributed by atoms with Gasteiger partial charge >= 0.3 is 0 Å². The Hall–Kier alpha value is -1.52. The summed E-state index contributed by atoms with van der Waals surface area (Å²) in [6.07, 6.45) is 1.51. The summed E-state index contributed by atoms with van der Waals surface area (Å²) < 4.78 is 41.8. The van der Waals surface area contributed by atoms with Crippen LogP contribution in [0.25, 0.3) is 0 Å². The van der Waals surface area contributed by atoms with E-state index in [0.717, 1.165) is 12.1 Å². The van der Waals surface area contributed by atoms with E-state index in [4.69, 9.17) is 5.73 Å². The fraction of sp³-hybridized carbons (Fsp3) is 0.273. The normalized spacial score (nSPS) is 11.8. The second-order valence-corrected chi connectivity index (χ2v) is 6.75. The Morgan fingerprint density at radius 1 is 1.48 bits per heavy atom. The highest BCUT2D eigenvalue weighted by molar-refractivity contribution is 9.10. The number of nitrogens with one attached hydrogen (secondary N) is 1. The molecule has 1 aromatic carbocycles. The van der Waals surface area contributed by atoms with E-state index < -0.39 is 15.8 Å². The number of benzene rings is 1. The molecule has 0 aliphatic rings. The Kier molecular flexibility index (Phi) is 4.59. The van der Waals surface area contributed by atoms with E-state index in [9.17, 15) is 12.8 Å². The fourth-order valence-electron chi connectivity index (χ4n) is 1.69. The van der Waals surface area contributed by atoms with Gasteiger partial charge < -0.3 is 10.3 Å². The number of hydrogen-bond acceptors (Lipinski definition) is 5. The van der Waals surface area contributed by atoms with Gasteiger partial charge in [0, 0.05) is 6.54 Å². The van der Waals surface area contributed by atoms with Crippen LogP contribution < -0.4 is 10.5 Å². The lowest BCUT2D eigenvalue weighted by Gasteiger charge is -2.10. The first-order chi connectivity index (χ1) is 9.85. The standard InChI is InChI=1S/C11H13BrFN5O2S/c1-2-18-6-15-17-11(18)5-16-21(19,20)10-3-7(12)8(13)4-9(10)14/h3-4,6,16H,2,5,14H2,1H3. The third-order valence-electron chi connectivity index (χ3n) is 2.80. The summed E-state index contributed by atoms with van der Waals surface area (Å²) in [5.74, 6) is -0.155. The zero-order valence-corrected chi connectivity index (χ0v) is 13.4. The molecule has 10 heteroatoms. The molecule has 3 N–H and O–H groups in total. The lowest BCUT2D eigenvalue weighted by Crippen LogP contribution is -2.26. The van der Waals surface area contributed by atoms with Crippen molar-refractivity contribution < 1.29 is 12.8 Å². The maximum Gasteiger partial charge on any atom is 0.243 e. The van der Waals surface area contributed by atoms with Crippen molar-refractivity contribution in [3.8, 4) is 0 Å². The lowest BCUT2D eigenvalue weighted by molar-refractivity contribution is 0.574. The predicted molar refractivity (Wildman–Crippen MR) is 78.2 cm³/mol. The quantitative estimate of drug-likeness (QED) is 0.763. The largest absolute Gasteiger partial charge is 0.398 e. The van der Waals surface area contributed by atoms with Gasteiger partial charge in [0.05, 0.1) is 16.7 Å². The van der Waals surface area contributed by atoms with Crippen molar-refractivity contribution in [1.29, 1.82) is 0 Å². The second kappa shape index (κ2) is 6.08. The number of nitrogen functional groups attached to an aromatic ring is 1. The van der Waals surface area contributed by atoms with Crippen LogP contribution >= 0.6 is 15.9 Å². The van der Waals surface area contributed by atoms with Gasteiger partial charge in [0.1, 0.15) is 22.9 Å². The molecule has 0 saturated carbocycles. The highest BCUT2D eigenvalue weighted by atomic mass is 79.9. The Bertz CT molecular complexity index is 762. The molecule has 0 aliphatic heterocycles. The van der Waals surface area contributed by atoms with Crippen molar-refractivity contribution in [3.63, 3.8) is 0 Å². The summed E-state index contributed by atoms with van der Waals surface area (Å²) in [6.45, 7) is 2.47. The van der Waals surface area contributed by atoms with Crippen LogP contribution in [0.2, 0.25) is 0 Å². The molecule has 0 atom stereocenters. The average Bonchev–Trinajstić information content (AvgIpc) is 2.88. The van der Waals surface area contributed by atoms with Gasteiger partial charge in [-0.1, -0.05) is 0 Å². The van der Waals surface area contributed by atoms with Crippen LogP contribution in [0, 0.1) is 5.82 Å². The number of anilines is 1. The number of aromatic nitrogens is 3. The number of rotatable bonds is 5. The number of halogens is 2. The van der Waals surface area contributed by atoms with Crippen LogP contribution in [0.4, 0.5) is 10.1 Å². The molecule has 0 radical (unpaired) electrons. The van der Waals surface area contributed by atoms with Crippen LogP contribution in [-0.4, -0.2) is 23.2 Å². The lowest BCUT2D eigenvalue weighted by atomic mass is 10.3. The SMILES string of the molecule is CCn1cnnc1CNS(=O)(=O)c1cc(Br)c(F)cc1N. The minimum absolute atomic E-state index is 0.0220. The van der Waals surface area contributed by atoms with Gasteiger partial charge in [-0.25, -0.2) is 17.5 Å². The molecule has 0 amide bonds. The molecule has 114 valence electrons. The smallest absolute Gasteiger partial charge is 0.243 e. The third kappa shape index (κ3) is 3.39. The molecule has 2 rings (SSSR count). The summed E-state index contributed by atoms with van der Waals surface area (Å²) in [7, 11) is -3.88. The van der Waals surface area contributed by atoms with Gasteiger partial charge in [-0.15, -0.1) is 10.2 Å². The molecule has 7 nitrogen and oxygen atoms in total. The van der Waals surface area contributed by atoms with Crippen molar-refractivity contribution in [2.45, 2.75) is 24.9 Å². The molecular weight excluding hydrogens is 365 g/mol. The van der Waals surface area contributed by atoms with Crippen molar-refractivity contribution in [3.05, 3.63) is 34.6 Å². The highest BCUT2D eigenvalue weighted by Crippen LogP contribution is 2.26. The maximum absolute atomic E-state index is 13.3. The minimum atomic E-state index is -3.88. The zero-order chi connectivity index (χ0) is 15.6. The Morgan fingerprint density at radius 2 is 2.19 bits per heavy atom. The molecule has 2 aromatic rings. The van der Waals surface area contributed by atoms with E-state index in [-0.39, 0.29) is 21.6 Å². The fourth-order valence-corrected chi connectivity index (χ4v) is 3.31. The van der Waals surface area contributed by atoms with E-state index in [0.29, 0.717) is 12.4 Å². The van der Waals surface area contributed by atoms with Crippen LogP contribution in [-0.2, 0) is 23.1 Å². The van der Waals surface area contributed by atoms with Crippen molar-refractivity contribution >= 4 is 31.6 Å². The molecule has 21 heavy (non-hydrogen) atoms. The van der Waals surface area contributed by atoms with Gasteiger partial charge in [0.2, 0.25) is 10.0 Å². The third-order valence-corrected chi connectivity index (χ3v) is 4.86. The molecule has 0 aliphatic carbocycles. The van der Waals surface area contributed by atoms with Crippen molar-refractivity contribution in [1.82, 2.24) is 19.5 Å². The molecule has 0 unspecified atom stereocenters. The number of sulfonamides is 1. The molecule has 0 spiro atoms. The van der Waals surface area contributed by atoms with E-state index in [1.165, 1.54) is 6.33 Å². The van der Waals surface area contributed by atoms with E-state index in [2.05, 4.69) is 30.8 Å². The van der Waals surface area contributed by atoms with Crippen LogP contribution in [0.15, 0.2) is 27.8 Å². The average molecular weight is 378 g/mol. The molecule has 0 bridgehead atoms. The first-order valence-corrected chi connectivity index (χ1v) is 8.23. The number of nitrogens with two attached hydrogens (primary N) is 1. The predicted octanol–water partition coefficient (Wildman–Crippen LogP) is 1.26. The van der Waals surface area contributed by atoms with Gasteiger partial charge in [-0.3, -0.25) is 0 Å². The van der Waals surface area contributed by atoms with Gasteiger partial charge in [-0.05, 0) is 35.0 Å². The summed E-state index contributed by atoms with van der Waals surface area (Å²) in [4.78, 5) is -0.196. The summed E-state index contributed by atoms with van der Waals surface area (Å²) in [5.41, 5.74) is 5.40. The molecule has 1 aromatic heterocycles. The van der Waals surface area contributed by atoms with Crippen LogP contribution in [0.1, 0.15) is 12.7 Å². The monoisotopic (exact) mass is 377 g/mol. The highest BCUT2D eigenvalue weighted by Gasteiger charge is 2.20. The number of nitrogens with zero attached hydrogens (tertiary/aromatic N) is 3. The summed E-state index contributed by atoms with van der Waals surface area (Å²) in [5, 5.41) is 7.53. The summed E-state index contributed by atoms with van der Waals surface area (Å²) >= 11 is 2.94. The van der Waals surface area contributed by atoms with Crippen LogP contribution in [0.3, 0.4) is 0 Å². The Morgan fingerprint density at radius 3 is 2.86 bits per heavy atom. The van der Waals surface area contributed by atoms with Crippen molar-refractivity contribution in [2.24, 2.45) is 0 Å². The number of aryl methyl sites for hydroxylation is 1. The molecule has 1 heterocycles. The Labute approximate surface area is 129 Å². The molecular formula is C11H13BrFN5O2S. The summed E-state index contributed by atoms with van der Waals surface area (Å²) in [6, 6.07) is 2.07. The van der Waals surface area contributed by atoms with E-state index in [1.54, 1.807) is 4.57 Å². The van der Waals surface area contributed by atoms with Crippen LogP contribution in [0.5, 0.6) is 0 Å².